The molecule has 23 heavy (non-hydrogen) atoms. The number of rotatable bonds is 16. The monoisotopic (exact) mass is 338 g/mol. The first kappa shape index (κ1) is 22.7. The van der Waals surface area contributed by atoms with Gasteiger partial charge >= 0.3 is 0 Å². The fourth-order valence-corrected chi connectivity index (χ4v) is 1.66. The van der Waals surface area contributed by atoms with Gasteiger partial charge in [0.1, 0.15) is 0 Å². The molecule has 0 aromatic heterocycles. The SMILES string of the molecule is CC(COCCO)OCC(C)OCC(C)OCC(C)OCCO. The molecule has 4 atom stereocenters. The third kappa shape index (κ3) is 15.0. The van der Waals surface area contributed by atoms with Crippen molar-refractivity contribution in [3.8, 4) is 0 Å². The Morgan fingerprint density at radius 1 is 0.565 bits per heavy atom. The van der Waals surface area contributed by atoms with Crippen LogP contribution in [0, 0.1) is 0 Å². The molecule has 0 fully saturated rings. The van der Waals surface area contributed by atoms with E-state index >= 15 is 0 Å². The smallest absolute Gasteiger partial charge is 0.0781 e. The summed E-state index contributed by atoms with van der Waals surface area (Å²) < 4.78 is 27.4. The van der Waals surface area contributed by atoms with Crippen molar-refractivity contribution >= 4 is 0 Å². The minimum atomic E-state index is -0.0508. The zero-order valence-electron chi connectivity index (χ0n) is 14.9. The molecule has 0 heterocycles. The predicted molar refractivity (Wildman–Crippen MR) is 86.6 cm³/mol. The summed E-state index contributed by atoms with van der Waals surface area (Å²) in [6.07, 6.45) is -0.164. The molecule has 7 nitrogen and oxygen atoms in total. The van der Waals surface area contributed by atoms with Gasteiger partial charge in [-0.2, -0.15) is 0 Å². The van der Waals surface area contributed by atoms with Gasteiger partial charge in [-0.25, -0.2) is 0 Å². The van der Waals surface area contributed by atoms with Crippen LogP contribution in [0.4, 0.5) is 0 Å². The highest BCUT2D eigenvalue weighted by molar-refractivity contribution is 4.56. The first-order chi connectivity index (χ1) is 11.0. The lowest BCUT2D eigenvalue weighted by atomic mass is 10.3. The van der Waals surface area contributed by atoms with E-state index in [4.69, 9.17) is 33.9 Å². The average molecular weight is 338 g/mol. The van der Waals surface area contributed by atoms with Crippen LogP contribution in [-0.4, -0.2) is 87.5 Å². The molecule has 0 aromatic carbocycles. The molecule has 4 unspecified atom stereocenters. The Balaban J connectivity index is 3.61. The van der Waals surface area contributed by atoms with E-state index in [9.17, 15) is 0 Å². The van der Waals surface area contributed by atoms with Crippen LogP contribution in [0.5, 0.6) is 0 Å². The molecule has 0 aliphatic carbocycles. The quantitative estimate of drug-likeness (QED) is 0.399. The first-order valence-electron chi connectivity index (χ1n) is 8.25. The topological polar surface area (TPSA) is 86.6 Å². The second-order valence-electron chi connectivity index (χ2n) is 5.64. The molecule has 2 N–H and O–H groups in total. The minimum Gasteiger partial charge on any atom is -0.394 e. The summed E-state index contributed by atoms with van der Waals surface area (Å²) in [6, 6.07) is 0. The average Bonchev–Trinajstić information content (AvgIpc) is 2.54. The lowest BCUT2D eigenvalue weighted by Crippen LogP contribution is -2.28. The van der Waals surface area contributed by atoms with Gasteiger partial charge in [-0.05, 0) is 27.7 Å². The maximum Gasteiger partial charge on any atom is 0.0781 e. The predicted octanol–water partition coefficient (Wildman–Crippen LogP) is 0.608. The van der Waals surface area contributed by atoms with E-state index in [0.29, 0.717) is 39.6 Å². The van der Waals surface area contributed by atoms with Gasteiger partial charge in [0, 0.05) is 0 Å². The third-order valence-corrected chi connectivity index (χ3v) is 2.93. The van der Waals surface area contributed by atoms with Crippen molar-refractivity contribution in [1.82, 2.24) is 0 Å². The number of ether oxygens (including phenoxy) is 5. The van der Waals surface area contributed by atoms with Crippen LogP contribution >= 0.6 is 0 Å². The van der Waals surface area contributed by atoms with E-state index in [1.165, 1.54) is 0 Å². The van der Waals surface area contributed by atoms with Crippen LogP contribution in [0.1, 0.15) is 27.7 Å². The van der Waals surface area contributed by atoms with Gasteiger partial charge in [-0.1, -0.05) is 0 Å². The highest BCUT2D eigenvalue weighted by Crippen LogP contribution is 2.02. The molecule has 0 aromatic rings. The van der Waals surface area contributed by atoms with E-state index in [1.54, 1.807) is 0 Å². The van der Waals surface area contributed by atoms with E-state index in [-0.39, 0.29) is 37.6 Å². The summed E-state index contributed by atoms with van der Waals surface area (Å²) in [4.78, 5) is 0. The van der Waals surface area contributed by atoms with Crippen molar-refractivity contribution in [2.45, 2.75) is 52.1 Å². The number of hydrogen-bond acceptors (Lipinski definition) is 7. The molecule has 0 aliphatic heterocycles. The van der Waals surface area contributed by atoms with Crippen molar-refractivity contribution in [3.05, 3.63) is 0 Å². The van der Waals surface area contributed by atoms with E-state index in [2.05, 4.69) is 0 Å². The summed E-state index contributed by atoms with van der Waals surface area (Å²) in [6.45, 7) is 10.3. The summed E-state index contributed by atoms with van der Waals surface area (Å²) in [7, 11) is 0. The van der Waals surface area contributed by atoms with E-state index < -0.39 is 0 Å². The Morgan fingerprint density at radius 3 is 1.39 bits per heavy atom. The van der Waals surface area contributed by atoms with Crippen LogP contribution in [-0.2, 0) is 23.7 Å². The second-order valence-corrected chi connectivity index (χ2v) is 5.64. The Morgan fingerprint density at radius 2 is 0.957 bits per heavy atom. The van der Waals surface area contributed by atoms with E-state index in [1.807, 2.05) is 27.7 Å². The van der Waals surface area contributed by atoms with Gasteiger partial charge < -0.3 is 33.9 Å². The minimum absolute atomic E-state index is 0.0178. The van der Waals surface area contributed by atoms with Gasteiger partial charge in [0.05, 0.1) is 77.3 Å². The molecule has 0 radical (unpaired) electrons. The maximum absolute atomic E-state index is 8.67. The lowest BCUT2D eigenvalue weighted by molar-refractivity contribution is -0.0939. The Hall–Kier alpha value is -0.280. The fourth-order valence-electron chi connectivity index (χ4n) is 1.66. The highest BCUT2D eigenvalue weighted by atomic mass is 16.6. The number of aliphatic hydroxyl groups excluding tert-OH is 2. The van der Waals surface area contributed by atoms with Crippen LogP contribution < -0.4 is 0 Å². The zero-order chi connectivity index (χ0) is 17.5. The summed E-state index contributed by atoms with van der Waals surface area (Å²) in [5.74, 6) is 0. The molecule has 0 spiro atoms. The molecule has 0 aliphatic rings. The van der Waals surface area contributed by atoms with Crippen LogP contribution in [0.25, 0.3) is 0 Å². The third-order valence-electron chi connectivity index (χ3n) is 2.93. The first-order valence-corrected chi connectivity index (χ1v) is 8.25. The molecular formula is C16H34O7. The largest absolute Gasteiger partial charge is 0.394 e. The van der Waals surface area contributed by atoms with Crippen molar-refractivity contribution in [2.24, 2.45) is 0 Å². The maximum atomic E-state index is 8.67. The zero-order valence-corrected chi connectivity index (χ0v) is 14.9. The number of hydrogen-bond donors (Lipinski definition) is 2. The van der Waals surface area contributed by atoms with Gasteiger partial charge in [0.2, 0.25) is 0 Å². The molecule has 0 saturated carbocycles. The van der Waals surface area contributed by atoms with Crippen LogP contribution in [0.3, 0.4) is 0 Å². The molecule has 0 bridgehead atoms. The summed E-state index contributed by atoms with van der Waals surface area (Å²) in [5.41, 5.74) is 0. The molecule has 7 heteroatoms. The van der Waals surface area contributed by atoms with E-state index in [0.717, 1.165) is 0 Å². The molecule has 0 saturated heterocycles. The van der Waals surface area contributed by atoms with Gasteiger partial charge in [-0.3, -0.25) is 0 Å². The van der Waals surface area contributed by atoms with Crippen molar-refractivity contribution in [1.29, 1.82) is 0 Å². The standard InChI is InChI=1S/C16H34O7/c1-13(9-19-7-5-17)21-11-15(3)23-12-16(4)22-10-14(2)20-8-6-18/h13-18H,5-12H2,1-4H3. The molecule has 140 valence electrons. The van der Waals surface area contributed by atoms with Crippen LogP contribution in [0.15, 0.2) is 0 Å². The summed E-state index contributed by atoms with van der Waals surface area (Å²) >= 11 is 0. The lowest BCUT2D eigenvalue weighted by Gasteiger charge is -2.21. The van der Waals surface area contributed by atoms with Gasteiger partial charge in [0.15, 0.2) is 0 Å². The molecular weight excluding hydrogens is 304 g/mol. The fraction of sp³-hybridized carbons (Fsp3) is 1.00. The van der Waals surface area contributed by atoms with Crippen molar-refractivity contribution in [3.63, 3.8) is 0 Å². The Bertz CT molecular complexity index is 253. The van der Waals surface area contributed by atoms with Gasteiger partial charge in [0.25, 0.3) is 0 Å². The highest BCUT2D eigenvalue weighted by Gasteiger charge is 2.11. The van der Waals surface area contributed by atoms with Crippen molar-refractivity contribution in [2.75, 3.05) is 52.9 Å². The second kappa shape index (κ2) is 15.3. The molecule has 0 amide bonds. The Labute approximate surface area is 139 Å². The molecule has 0 rings (SSSR count). The summed E-state index contributed by atoms with van der Waals surface area (Å²) in [5, 5.41) is 17.3. The Kier molecular flexibility index (Phi) is 15.1. The number of aliphatic hydroxyl groups is 2. The van der Waals surface area contributed by atoms with Gasteiger partial charge in [-0.15, -0.1) is 0 Å². The normalized spacial score (nSPS) is 17.0. The van der Waals surface area contributed by atoms with Crippen molar-refractivity contribution < 1.29 is 33.9 Å². The van der Waals surface area contributed by atoms with Crippen LogP contribution in [0.2, 0.25) is 0 Å².